The highest BCUT2D eigenvalue weighted by atomic mass is 35.5. The summed E-state index contributed by atoms with van der Waals surface area (Å²) in [6, 6.07) is 8.53. The number of nitrogens with one attached hydrogen (secondary N) is 2. The molecule has 30 heavy (non-hydrogen) atoms. The fraction of sp³-hybridized carbons (Fsp3) is 0.0500. The average Bonchev–Trinajstić information content (AvgIpc) is 3.13. The lowest BCUT2D eigenvalue weighted by atomic mass is 10.0. The number of carbonyl (C=O) groups excluding carboxylic acids is 1. The molecule has 3 N–H and O–H groups in total. The summed E-state index contributed by atoms with van der Waals surface area (Å²) in [5.41, 5.74) is 0.104. The molecular weight excluding hydrogens is 418 g/mol. The molecule has 1 amide bonds. The van der Waals surface area contributed by atoms with E-state index in [9.17, 15) is 23.5 Å². The molecule has 1 aromatic heterocycles. The molecule has 3 aromatic rings. The second-order valence-corrected chi connectivity index (χ2v) is 6.81. The summed E-state index contributed by atoms with van der Waals surface area (Å²) < 4.78 is 29.0. The highest BCUT2D eigenvalue weighted by Crippen LogP contribution is 2.34. The minimum Gasteiger partial charge on any atom is -0.477 e. The summed E-state index contributed by atoms with van der Waals surface area (Å²) >= 11 is 6.06. The highest BCUT2D eigenvalue weighted by molar-refractivity contribution is 6.34. The zero-order valence-corrected chi connectivity index (χ0v) is 15.8. The summed E-state index contributed by atoms with van der Waals surface area (Å²) in [5.74, 6) is -3.50. The lowest BCUT2D eigenvalue weighted by Gasteiger charge is -2.24. The van der Waals surface area contributed by atoms with Crippen LogP contribution in [0.2, 0.25) is 5.02 Å². The topological polar surface area (TPSA) is 96.2 Å². The molecule has 7 nitrogen and oxygen atoms in total. The Labute approximate surface area is 173 Å². The number of rotatable bonds is 4. The molecule has 152 valence electrons. The van der Waals surface area contributed by atoms with Crippen molar-refractivity contribution in [3.05, 3.63) is 88.2 Å². The molecule has 2 heterocycles. The largest absolute Gasteiger partial charge is 0.477 e. The minimum absolute atomic E-state index is 0.000869. The van der Waals surface area contributed by atoms with Gasteiger partial charge in [0, 0.05) is 11.6 Å². The maximum atomic E-state index is 14.4. The molecule has 0 bridgehead atoms. The Kier molecular flexibility index (Phi) is 4.96. The van der Waals surface area contributed by atoms with Gasteiger partial charge in [-0.15, -0.1) is 0 Å². The summed E-state index contributed by atoms with van der Waals surface area (Å²) in [7, 11) is 0. The van der Waals surface area contributed by atoms with Crippen LogP contribution in [-0.4, -0.2) is 26.8 Å². The van der Waals surface area contributed by atoms with Gasteiger partial charge >= 0.3 is 5.97 Å². The zero-order valence-electron chi connectivity index (χ0n) is 15.1. The number of amides is 1. The van der Waals surface area contributed by atoms with Crippen molar-refractivity contribution in [1.82, 2.24) is 9.78 Å². The number of carboxylic acids is 1. The van der Waals surface area contributed by atoms with Gasteiger partial charge < -0.3 is 15.7 Å². The lowest BCUT2D eigenvalue weighted by Crippen LogP contribution is -2.26. The molecule has 0 spiro atoms. The predicted octanol–water partition coefficient (Wildman–Crippen LogP) is 4.05. The first kappa shape index (κ1) is 19.6. The second kappa shape index (κ2) is 7.60. The fourth-order valence-electron chi connectivity index (χ4n) is 3.10. The standard InChI is InChI=1S/C20H13ClF2N4O3/c21-13-3-1-2-4-15(13)26-19(28)12-9-24-27-17(8-16(20(29)30)25-18(12)27)11-6-5-10(22)7-14(11)23/h1-9,17,25H,(H,26,28)(H,29,30)/t17-/m1/s1. The van der Waals surface area contributed by atoms with E-state index in [4.69, 9.17) is 11.6 Å². The number of para-hydroxylation sites is 1. The van der Waals surface area contributed by atoms with Gasteiger partial charge in [-0.1, -0.05) is 29.8 Å². The zero-order chi connectivity index (χ0) is 21.4. The minimum atomic E-state index is -1.31. The summed E-state index contributed by atoms with van der Waals surface area (Å²) in [5, 5.41) is 19.1. The van der Waals surface area contributed by atoms with Gasteiger partial charge in [0.2, 0.25) is 0 Å². The molecule has 0 fully saturated rings. The molecule has 0 aliphatic carbocycles. The maximum absolute atomic E-state index is 14.4. The van der Waals surface area contributed by atoms with Crippen LogP contribution in [0.15, 0.2) is 60.4 Å². The van der Waals surface area contributed by atoms with Crippen LogP contribution in [0.3, 0.4) is 0 Å². The quantitative estimate of drug-likeness (QED) is 0.580. The highest BCUT2D eigenvalue weighted by Gasteiger charge is 2.31. The van der Waals surface area contributed by atoms with Crippen molar-refractivity contribution in [2.75, 3.05) is 10.6 Å². The van der Waals surface area contributed by atoms with E-state index in [1.54, 1.807) is 24.3 Å². The first-order chi connectivity index (χ1) is 14.3. The molecule has 10 heteroatoms. The number of carboxylic acid groups (broad SMARTS) is 1. The second-order valence-electron chi connectivity index (χ2n) is 6.41. The smallest absolute Gasteiger partial charge is 0.352 e. The van der Waals surface area contributed by atoms with Gasteiger partial charge in [-0.05, 0) is 24.3 Å². The third-order valence-corrected chi connectivity index (χ3v) is 4.84. The van der Waals surface area contributed by atoms with E-state index in [-0.39, 0.29) is 22.6 Å². The number of benzene rings is 2. The normalized spacial score (nSPS) is 15.0. The van der Waals surface area contributed by atoms with Crippen LogP contribution in [0, 0.1) is 11.6 Å². The molecule has 0 saturated heterocycles. The van der Waals surface area contributed by atoms with E-state index in [0.717, 1.165) is 6.07 Å². The van der Waals surface area contributed by atoms with Gasteiger partial charge in [-0.3, -0.25) is 4.79 Å². The Morgan fingerprint density at radius 3 is 2.67 bits per heavy atom. The Bertz CT molecular complexity index is 1210. The molecule has 0 unspecified atom stereocenters. The van der Waals surface area contributed by atoms with Crippen LogP contribution in [0.1, 0.15) is 22.0 Å². The van der Waals surface area contributed by atoms with Gasteiger partial charge in [0.1, 0.15) is 34.8 Å². The number of nitrogens with zero attached hydrogens (tertiary/aromatic N) is 2. The van der Waals surface area contributed by atoms with Crippen molar-refractivity contribution in [3.63, 3.8) is 0 Å². The summed E-state index contributed by atoms with van der Waals surface area (Å²) in [6.07, 6.45) is 2.45. The molecule has 1 aliphatic rings. The van der Waals surface area contributed by atoms with Crippen LogP contribution in [0.25, 0.3) is 0 Å². The number of allylic oxidation sites excluding steroid dienone is 1. The molecule has 0 saturated carbocycles. The Morgan fingerprint density at radius 2 is 1.97 bits per heavy atom. The average molecular weight is 431 g/mol. The van der Waals surface area contributed by atoms with E-state index in [2.05, 4.69) is 15.7 Å². The Hall–Kier alpha value is -3.72. The Balaban J connectivity index is 1.76. The van der Waals surface area contributed by atoms with Gasteiger partial charge in [0.25, 0.3) is 5.91 Å². The van der Waals surface area contributed by atoms with E-state index in [1.807, 2.05) is 0 Å². The maximum Gasteiger partial charge on any atom is 0.352 e. The van der Waals surface area contributed by atoms with Gasteiger partial charge in [-0.25, -0.2) is 18.3 Å². The van der Waals surface area contributed by atoms with Crippen LogP contribution < -0.4 is 10.6 Å². The van der Waals surface area contributed by atoms with Gasteiger partial charge in [0.15, 0.2) is 0 Å². The summed E-state index contributed by atoms with van der Waals surface area (Å²) in [6.45, 7) is 0. The number of hydrogen-bond donors (Lipinski definition) is 3. The van der Waals surface area contributed by atoms with E-state index in [0.29, 0.717) is 16.8 Å². The van der Waals surface area contributed by atoms with Crippen molar-refractivity contribution < 1.29 is 23.5 Å². The summed E-state index contributed by atoms with van der Waals surface area (Å²) in [4.78, 5) is 24.4. The number of hydrogen-bond acceptors (Lipinski definition) is 4. The number of fused-ring (bicyclic) bond motifs is 1. The third-order valence-electron chi connectivity index (χ3n) is 4.51. The number of anilines is 2. The molecule has 1 atom stereocenters. The lowest BCUT2D eigenvalue weighted by molar-refractivity contribution is -0.132. The number of halogens is 3. The van der Waals surface area contributed by atoms with E-state index >= 15 is 0 Å². The van der Waals surface area contributed by atoms with Crippen molar-refractivity contribution in [1.29, 1.82) is 0 Å². The van der Waals surface area contributed by atoms with E-state index < -0.39 is 29.6 Å². The third kappa shape index (κ3) is 3.50. The molecule has 4 rings (SSSR count). The van der Waals surface area contributed by atoms with Crippen LogP contribution in [0.5, 0.6) is 0 Å². The first-order valence-electron chi connectivity index (χ1n) is 8.65. The van der Waals surface area contributed by atoms with Crippen LogP contribution >= 0.6 is 11.6 Å². The fourth-order valence-corrected chi connectivity index (χ4v) is 3.28. The van der Waals surface area contributed by atoms with Crippen molar-refractivity contribution >= 4 is 35.0 Å². The number of aliphatic carboxylic acids is 1. The van der Waals surface area contributed by atoms with Crippen molar-refractivity contribution in [2.24, 2.45) is 0 Å². The number of aromatic nitrogens is 2. The SMILES string of the molecule is O=C(O)C1=C[C@H](c2ccc(F)cc2F)n2ncc(C(=O)Nc3ccccc3Cl)c2N1. The van der Waals surface area contributed by atoms with Crippen molar-refractivity contribution in [3.8, 4) is 0 Å². The molecule has 1 aliphatic heterocycles. The van der Waals surface area contributed by atoms with Gasteiger partial charge in [0.05, 0.1) is 16.9 Å². The van der Waals surface area contributed by atoms with Crippen molar-refractivity contribution in [2.45, 2.75) is 6.04 Å². The number of carbonyl (C=O) groups is 2. The first-order valence-corrected chi connectivity index (χ1v) is 9.03. The molecular formula is C20H13ClF2N4O3. The van der Waals surface area contributed by atoms with Crippen LogP contribution in [-0.2, 0) is 4.79 Å². The van der Waals surface area contributed by atoms with Gasteiger partial charge in [-0.2, -0.15) is 5.10 Å². The van der Waals surface area contributed by atoms with E-state index in [1.165, 1.54) is 23.0 Å². The molecule has 0 radical (unpaired) electrons. The Morgan fingerprint density at radius 1 is 1.20 bits per heavy atom. The monoisotopic (exact) mass is 430 g/mol. The predicted molar refractivity (Wildman–Crippen MR) is 105 cm³/mol. The van der Waals surface area contributed by atoms with Crippen LogP contribution in [0.4, 0.5) is 20.3 Å². The molecule has 2 aromatic carbocycles.